The second kappa shape index (κ2) is 12.1. The number of aliphatic hydroxyl groups is 1. The maximum atomic E-state index is 15.0. The van der Waals surface area contributed by atoms with E-state index < -0.39 is 36.2 Å². The lowest BCUT2D eigenvalue weighted by Gasteiger charge is -2.16. The number of amides is 1. The number of benzene rings is 3. The molecule has 3 aromatic carbocycles. The number of hydrogen-bond donors (Lipinski definition) is 3. The van der Waals surface area contributed by atoms with Crippen LogP contribution in [0.25, 0.3) is 33.7 Å². The van der Waals surface area contributed by atoms with Gasteiger partial charge in [0, 0.05) is 41.1 Å². The lowest BCUT2D eigenvalue weighted by atomic mass is 9.92. The molecule has 5 N–H and O–H groups in total. The number of aromatic nitrogens is 1. The van der Waals surface area contributed by atoms with Crippen LogP contribution in [-0.4, -0.2) is 47.2 Å². The number of fused-ring (bicyclic) bond motifs is 1. The molecule has 9 nitrogen and oxygen atoms in total. The van der Waals surface area contributed by atoms with Gasteiger partial charge in [-0.1, -0.05) is 12.1 Å². The molecule has 0 saturated heterocycles. The van der Waals surface area contributed by atoms with Crippen molar-refractivity contribution in [3.63, 3.8) is 0 Å². The van der Waals surface area contributed by atoms with Gasteiger partial charge in [-0.3, -0.25) is 9.79 Å². The van der Waals surface area contributed by atoms with Crippen molar-refractivity contribution in [3.05, 3.63) is 83.1 Å². The van der Waals surface area contributed by atoms with Crippen molar-refractivity contribution in [2.24, 2.45) is 16.5 Å². The van der Waals surface area contributed by atoms with Crippen LogP contribution >= 0.6 is 11.8 Å². The number of alkyl halides is 4. The number of allylic oxidation sites excluding steroid dienone is 1. The van der Waals surface area contributed by atoms with Gasteiger partial charge in [-0.25, -0.2) is 9.37 Å². The van der Waals surface area contributed by atoms with Gasteiger partial charge in [0.15, 0.2) is 23.1 Å². The van der Waals surface area contributed by atoms with Gasteiger partial charge >= 0.3 is 12.2 Å². The van der Waals surface area contributed by atoms with Crippen molar-refractivity contribution >= 4 is 23.4 Å². The Bertz CT molecular complexity index is 1930. The van der Waals surface area contributed by atoms with Gasteiger partial charge in [-0.15, -0.1) is 20.5 Å². The van der Waals surface area contributed by atoms with Gasteiger partial charge in [0.1, 0.15) is 11.5 Å². The highest BCUT2D eigenvalue weighted by Gasteiger charge is 2.44. The molecule has 1 aromatic heterocycles. The third-order valence-electron chi connectivity index (χ3n) is 7.02. The second-order valence-electron chi connectivity index (χ2n) is 9.94. The molecule has 0 aliphatic carbocycles. The van der Waals surface area contributed by atoms with E-state index in [1.165, 1.54) is 56.1 Å². The maximum absolute atomic E-state index is 15.0. The smallest absolute Gasteiger partial charge is 0.440 e. The molecule has 46 heavy (non-hydrogen) atoms. The highest BCUT2D eigenvalue weighted by atomic mass is 32.2. The number of aryl methyl sites for hydroxylation is 1. The molecule has 0 atom stereocenters. The lowest BCUT2D eigenvalue weighted by Crippen LogP contribution is -2.40. The van der Waals surface area contributed by atoms with Crippen molar-refractivity contribution in [2.45, 2.75) is 30.6 Å². The van der Waals surface area contributed by atoms with Crippen molar-refractivity contribution in [2.75, 3.05) is 13.3 Å². The Kier molecular flexibility index (Phi) is 8.57. The number of nitrogens with zero attached hydrogens (tertiary/aromatic N) is 2. The molecule has 1 aliphatic heterocycles. The van der Waals surface area contributed by atoms with E-state index in [9.17, 15) is 27.5 Å². The first-order valence-electron chi connectivity index (χ1n) is 13.3. The molecule has 240 valence electrons. The van der Waals surface area contributed by atoms with Crippen LogP contribution in [0, 0.1) is 12.7 Å². The van der Waals surface area contributed by atoms with Crippen LogP contribution in [0.15, 0.2) is 74.6 Å². The number of carbonyl (C=O) groups is 1. The fraction of sp³-hybridized carbons (Fsp3) is 0.194. The van der Waals surface area contributed by atoms with E-state index in [2.05, 4.69) is 19.5 Å². The molecule has 0 radical (unpaired) electrons. The Hall–Kier alpha value is -4.89. The van der Waals surface area contributed by atoms with Crippen molar-refractivity contribution < 1.29 is 45.7 Å². The first-order valence-corrected chi connectivity index (χ1v) is 14.5. The van der Waals surface area contributed by atoms with Crippen LogP contribution in [0.3, 0.4) is 0 Å². The van der Waals surface area contributed by atoms with Crippen LogP contribution in [0.2, 0.25) is 0 Å². The zero-order valence-electron chi connectivity index (χ0n) is 24.3. The standard InChI is InChI=1S/C31H25F5N4O5S/c1-14-40-27(16-5-7-23-24(10-16)45-31(35,36)44-23)28(43-14)19-8-15(17-9-21(32)20(13-41)25(11-17)46-3)4-6-18(19)22(39-2)12-26(37)30(33,34)29(38)42/h4-12,41H,13,37H2,1-3H3,(H2,38,42). The number of ether oxygens (including phenoxy) is 2. The molecule has 15 heteroatoms. The first kappa shape index (κ1) is 32.5. The van der Waals surface area contributed by atoms with Crippen LogP contribution in [-0.2, 0) is 11.4 Å². The number of primary amides is 1. The van der Waals surface area contributed by atoms with Gasteiger partial charge in [0.2, 0.25) is 0 Å². The van der Waals surface area contributed by atoms with E-state index in [1.807, 2.05) is 0 Å². The van der Waals surface area contributed by atoms with E-state index in [0.29, 0.717) is 16.0 Å². The summed E-state index contributed by atoms with van der Waals surface area (Å²) in [6.07, 6.45) is -1.36. The van der Waals surface area contributed by atoms with Gasteiger partial charge in [-0.2, -0.15) is 8.78 Å². The number of rotatable bonds is 9. The van der Waals surface area contributed by atoms with E-state index >= 15 is 4.39 Å². The molecule has 5 rings (SSSR count). The number of carbonyl (C=O) groups excluding carboxylic acids is 1. The molecule has 0 fully saturated rings. The molecular weight excluding hydrogens is 635 g/mol. The predicted molar refractivity (Wildman–Crippen MR) is 160 cm³/mol. The summed E-state index contributed by atoms with van der Waals surface area (Å²) in [5.41, 5.74) is 10.9. The number of halogens is 5. The molecule has 0 unspecified atom stereocenters. The Morgan fingerprint density at radius 3 is 2.41 bits per heavy atom. The quantitative estimate of drug-likeness (QED) is 0.112. The maximum Gasteiger partial charge on any atom is 0.586 e. The van der Waals surface area contributed by atoms with E-state index in [4.69, 9.17) is 15.9 Å². The molecular formula is C31H25F5N4O5S. The average Bonchev–Trinajstić information content (AvgIpc) is 3.55. The summed E-state index contributed by atoms with van der Waals surface area (Å²) < 4.78 is 86.4. The third kappa shape index (κ3) is 6.02. The minimum Gasteiger partial charge on any atom is -0.440 e. The topological polar surface area (TPSA) is 146 Å². The highest BCUT2D eigenvalue weighted by molar-refractivity contribution is 7.98. The Balaban J connectivity index is 1.74. The molecule has 1 amide bonds. The van der Waals surface area contributed by atoms with Crippen LogP contribution < -0.4 is 20.9 Å². The van der Waals surface area contributed by atoms with Crippen LogP contribution in [0.4, 0.5) is 22.0 Å². The van der Waals surface area contributed by atoms with Crippen molar-refractivity contribution in [3.8, 4) is 45.2 Å². The van der Waals surface area contributed by atoms with Gasteiger partial charge in [-0.05, 0) is 59.9 Å². The number of aliphatic hydroxyl groups excluding tert-OH is 1. The zero-order chi connectivity index (χ0) is 33.6. The fourth-order valence-electron chi connectivity index (χ4n) is 4.79. The summed E-state index contributed by atoms with van der Waals surface area (Å²) >= 11 is 1.23. The van der Waals surface area contributed by atoms with E-state index in [-0.39, 0.29) is 56.8 Å². The number of hydrogen-bond acceptors (Lipinski definition) is 9. The average molecular weight is 661 g/mol. The highest BCUT2D eigenvalue weighted by Crippen LogP contribution is 2.45. The number of oxazole rings is 1. The first-order chi connectivity index (χ1) is 21.7. The van der Waals surface area contributed by atoms with Crippen LogP contribution in [0.5, 0.6) is 11.5 Å². The van der Waals surface area contributed by atoms with Crippen LogP contribution in [0.1, 0.15) is 17.0 Å². The summed E-state index contributed by atoms with van der Waals surface area (Å²) in [6, 6.07) is 11.5. The third-order valence-corrected chi connectivity index (χ3v) is 7.82. The van der Waals surface area contributed by atoms with E-state index in [0.717, 1.165) is 6.08 Å². The SMILES string of the molecule is CN=C(C=C(N)C(F)(F)C(N)=O)c1ccc(-c2cc(F)c(CO)c(SC)c2)cc1-c1oc(C)nc1-c1ccc2c(c1)OC(F)(F)O2. The monoisotopic (exact) mass is 660 g/mol. The molecule has 0 spiro atoms. The molecule has 2 heterocycles. The molecule has 1 aliphatic rings. The summed E-state index contributed by atoms with van der Waals surface area (Å²) in [5, 5.41) is 9.66. The number of nitrogens with two attached hydrogens (primary N) is 2. The zero-order valence-corrected chi connectivity index (χ0v) is 25.1. The summed E-state index contributed by atoms with van der Waals surface area (Å²) in [6.45, 7) is 1.01. The van der Waals surface area contributed by atoms with Crippen molar-refractivity contribution in [1.29, 1.82) is 0 Å². The Labute approximate surface area is 262 Å². The number of aliphatic imine (C=N–C) groups is 1. The predicted octanol–water partition coefficient (Wildman–Crippen LogP) is 6.04. The summed E-state index contributed by atoms with van der Waals surface area (Å²) in [5.74, 6) is -7.06. The Morgan fingerprint density at radius 1 is 1.07 bits per heavy atom. The normalized spacial score (nSPS) is 14.5. The minimum absolute atomic E-state index is 0.0623. The molecule has 4 aromatic rings. The largest absolute Gasteiger partial charge is 0.586 e. The van der Waals surface area contributed by atoms with Gasteiger partial charge < -0.3 is 30.5 Å². The van der Waals surface area contributed by atoms with Gasteiger partial charge in [0.25, 0.3) is 5.91 Å². The van der Waals surface area contributed by atoms with Crippen molar-refractivity contribution in [1.82, 2.24) is 4.98 Å². The number of thioether (sulfide) groups is 1. The van der Waals surface area contributed by atoms with Gasteiger partial charge in [0.05, 0.1) is 18.0 Å². The molecule has 0 bridgehead atoms. The summed E-state index contributed by atoms with van der Waals surface area (Å²) in [7, 11) is 1.30. The van der Waals surface area contributed by atoms with E-state index in [1.54, 1.807) is 24.5 Å². The second-order valence-corrected chi connectivity index (χ2v) is 10.8. The fourth-order valence-corrected chi connectivity index (χ4v) is 5.45. The minimum atomic E-state index is -4.20. The Morgan fingerprint density at radius 2 is 1.76 bits per heavy atom. The summed E-state index contributed by atoms with van der Waals surface area (Å²) in [4.78, 5) is 20.4. The lowest BCUT2D eigenvalue weighted by molar-refractivity contribution is -0.286. The molecule has 0 saturated carbocycles.